The molecule has 0 atom stereocenters. The fraction of sp³-hybridized carbons (Fsp3) is 0.200. The molecule has 0 fully saturated rings. The molecule has 0 heteroatoms. The highest BCUT2D eigenvalue weighted by molar-refractivity contribution is 5.79. The smallest absolute Gasteiger partial charge is 0.00672 e. The number of rotatable bonds is 0. The third kappa shape index (κ3) is 0.829. The van der Waals surface area contributed by atoms with E-state index in [2.05, 4.69) is 36.5 Å². The van der Waals surface area contributed by atoms with E-state index in [9.17, 15) is 0 Å². The molecule has 0 radical (unpaired) electrons. The Kier molecular flexibility index (Phi) is 1.29. The average molecular weight is 192 g/mol. The Labute approximate surface area is 89.7 Å². The van der Waals surface area contributed by atoms with Crippen LogP contribution in [0, 0.1) is 0 Å². The maximum Gasteiger partial charge on any atom is -0.00672 e. The second-order valence-corrected chi connectivity index (χ2v) is 4.50. The van der Waals surface area contributed by atoms with Crippen LogP contribution in [0.3, 0.4) is 0 Å². The number of allylic oxidation sites excluding steroid dienone is 12. The van der Waals surface area contributed by atoms with Crippen molar-refractivity contribution in [2.45, 2.75) is 19.3 Å². The Morgan fingerprint density at radius 2 is 1.87 bits per heavy atom. The minimum Gasteiger partial charge on any atom is -0.0836 e. The molecule has 0 N–H and O–H groups in total. The molecule has 0 bridgehead atoms. The second-order valence-electron chi connectivity index (χ2n) is 4.50. The minimum absolute atomic E-state index is 1.11. The highest BCUT2D eigenvalue weighted by Crippen LogP contribution is 2.50. The molecular formula is C15H12. The van der Waals surface area contributed by atoms with Crippen molar-refractivity contribution in [1.29, 1.82) is 0 Å². The first-order chi connectivity index (χ1) is 7.45. The van der Waals surface area contributed by atoms with Crippen LogP contribution in [0.5, 0.6) is 0 Å². The van der Waals surface area contributed by atoms with Gasteiger partial charge in [0.2, 0.25) is 0 Å². The summed E-state index contributed by atoms with van der Waals surface area (Å²) in [7, 11) is 0. The van der Waals surface area contributed by atoms with Gasteiger partial charge >= 0.3 is 0 Å². The lowest BCUT2D eigenvalue weighted by molar-refractivity contribution is 0.971. The molecular weight excluding hydrogens is 180 g/mol. The van der Waals surface area contributed by atoms with E-state index >= 15 is 0 Å². The van der Waals surface area contributed by atoms with Crippen LogP contribution < -0.4 is 0 Å². The van der Waals surface area contributed by atoms with Gasteiger partial charge in [0, 0.05) is 0 Å². The van der Waals surface area contributed by atoms with Crippen LogP contribution in [-0.4, -0.2) is 0 Å². The molecule has 0 aliphatic heterocycles. The average Bonchev–Trinajstić information content (AvgIpc) is 2.85. The zero-order valence-corrected chi connectivity index (χ0v) is 8.59. The minimum atomic E-state index is 1.11. The predicted molar refractivity (Wildman–Crippen MR) is 62.3 cm³/mol. The van der Waals surface area contributed by atoms with Gasteiger partial charge in [0.25, 0.3) is 0 Å². The van der Waals surface area contributed by atoms with E-state index < -0.39 is 0 Å². The molecule has 0 nitrogen and oxygen atoms in total. The fourth-order valence-corrected chi connectivity index (χ4v) is 3.07. The van der Waals surface area contributed by atoms with Gasteiger partial charge in [0.1, 0.15) is 0 Å². The van der Waals surface area contributed by atoms with E-state index in [4.69, 9.17) is 0 Å². The number of hydrogen-bond donors (Lipinski definition) is 0. The van der Waals surface area contributed by atoms with Crippen molar-refractivity contribution < 1.29 is 0 Å². The molecule has 15 heavy (non-hydrogen) atoms. The van der Waals surface area contributed by atoms with Gasteiger partial charge < -0.3 is 0 Å². The van der Waals surface area contributed by atoms with E-state index in [1.165, 1.54) is 40.7 Å². The normalized spacial score (nSPS) is 25.6. The van der Waals surface area contributed by atoms with Gasteiger partial charge in [-0.1, -0.05) is 36.5 Å². The quantitative estimate of drug-likeness (QED) is 0.548. The first kappa shape index (κ1) is 7.70. The van der Waals surface area contributed by atoms with Crippen molar-refractivity contribution in [1.82, 2.24) is 0 Å². The van der Waals surface area contributed by atoms with Gasteiger partial charge in [-0.3, -0.25) is 0 Å². The monoisotopic (exact) mass is 192 g/mol. The highest BCUT2D eigenvalue weighted by atomic mass is 14.4. The van der Waals surface area contributed by atoms with Gasteiger partial charge in [-0.2, -0.15) is 0 Å². The first-order valence-corrected chi connectivity index (χ1v) is 5.68. The lowest BCUT2D eigenvalue weighted by Crippen LogP contribution is -1.93. The third-order valence-corrected chi connectivity index (χ3v) is 3.72. The molecule has 0 amide bonds. The summed E-state index contributed by atoms with van der Waals surface area (Å²) in [5.74, 6) is 0. The summed E-state index contributed by atoms with van der Waals surface area (Å²) in [5.41, 5.74) is 9.12. The van der Waals surface area contributed by atoms with E-state index in [1.807, 2.05) is 0 Å². The van der Waals surface area contributed by atoms with E-state index in [0.717, 1.165) is 6.42 Å². The third-order valence-electron chi connectivity index (χ3n) is 3.72. The van der Waals surface area contributed by atoms with Crippen LogP contribution in [0.15, 0.2) is 69.9 Å². The molecule has 0 saturated heterocycles. The molecule has 72 valence electrons. The Morgan fingerprint density at radius 1 is 0.933 bits per heavy atom. The summed E-state index contributed by atoms with van der Waals surface area (Å²) < 4.78 is 0. The van der Waals surface area contributed by atoms with Gasteiger partial charge in [-0.05, 0) is 52.7 Å². The maximum atomic E-state index is 2.32. The van der Waals surface area contributed by atoms with Gasteiger partial charge in [0.05, 0.1) is 0 Å². The predicted octanol–water partition coefficient (Wildman–Crippen LogP) is 3.77. The van der Waals surface area contributed by atoms with Gasteiger partial charge in [0.15, 0.2) is 0 Å². The highest BCUT2D eigenvalue weighted by Gasteiger charge is 2.32. The van der Waals surface area contributed by atoms with Crippen molar-refractivity contribution >= 4 is 0 Å². The Hall–Kier alpha value is -1.56. The lowest BCUT2D eigenvalue weighted by atomic mass is 9.93. The first-order valence-electron chi connectivity index (χ1n) is 5.68. The molecule has 0 unspecified atom stereocenters. The van der Waals surface area contributed by atoms with Crippen LogP contribution >= 0.6 is 0 Å². The van der Waals surface area contributed by atoms with Crippen molar-refractivity contribution in [3.8, 4) is 0 Å². The molecule has 4 aliphatic carbocycles. The fourth-order valence-electron chi connectivity index (χ4n) is 3.07. The van der Waals surface area contributed by atoms with Crippen LogP contribution in [-0.2, 0) is 0 Å². The number of fused-ring (bicyclic) bond motifs is 2. The molecule has 4 rings (SSSR count). The number of hydrogen-bond acceptors (Lipinski definition) is 0. The second kappa shape index (κ2) is 2.52. The summed E-state index contributed by atoms with van der Waals surface area (Å²) in [4.78, 5) is 0. The largest absolute Gasteiger partial charge is 0.0836 e. The van der Waals surface area contributed by atoms with Crippen molar-refractivity contribution in [3.63, 3.8) is 0 Å². The maximum absolute atomic E-state index is 2.32. The molecule has 0 aromatic rings. The van der Waals surface area contributed by atoms with Crippen LogP contribution in [0.4, 0.5) is 0 Å². The molecule has 0 aromatic heterocycles. The van der Waals surface area contributed by atoms with Gasteiger partial charge in [-0.25, -0.2) is 0 Å². The lowest BCUT2D eigenvalue weighted by Gasteiger charge is -2.11. The standard InChI is InChI=1S/C15H12/c1-2-6-12-11(5-1)13-7-3-4-10-8-9-14(12)15(10)13/h1,3,5,7-9H,2,4,6H2. The topological polar surface area (TPSA) is 0 Å². The Balaban J connectivity index is 2.01. The summed E-state index contributed by atoms with van der Waals surface area (Å²) in [6.07, 6.45) is 17.4. The Morgan fingerprint density at radius 3 is 2.87 bits per heavy atom. The molecule has 0 heterocycles. The molecule has 0 saturated carbocycles. The zero-order valence-electron chi connectivity index (χ0n) is 8.59. The van der Waals surface area contributed by atoms with Crippen molar-refractivity contribution in [2.24, 2.45) is 0 Å². The summed E-state index contributed by atoms with van der Waals surface area (Å²) in [5, 5.41) is 0. The van der Waals surface area contributed by atoms with Crippen LogP contribution in [0.25, 0.3) is 0 Å². The van der Waals surface area contributed by atoms with Crippen LogP contribution in [0.1, 0.15) is 19.3 Å². The SMILES string of the molecule is C1=CC2=C(CC1)C1=CC=C3CC=CC2=C31. The van der Waals surface area contributed by atoms with E-state index in [0.29, 0.717) is 0 Å². The summed E-state index contributed by atoms with van der Waals surface area (Å²) >= 11 is 0. The van der Waals surface area contributed by atoms with E-state index in [-0.39, 0.29) is 0 Å². The Bertz CT molecular complexity index is 543. The zero-order chi connectivity index (χ0) is 9.83. The van der Waals surface area contributed by atoms with Crippen molar-refractivity contribution in [3.05, 3.63) is 69.9 Å². The molecule has 0 spiro atoms. The summed E-state index contributed by atoms with van der Waals surface area (Å²) in [6.45, 7) is 0. The van der Waals surface area contributed by atoms with Crippen LogP contribution in [0.2, 0.25) is 0 Å². The van der Waals surface area contributed by atoms with Gasteiger partial charge in [-0.15, -0.1) is 0 Å². The van der Waals surface area contributed by atoms with Crippen molar-refractivity contribution in [2.75, 3.05) is 0 Å². The molecule has 0 aromatic carbocycles. The summed E-state index contributed by atoms with van der Waals surface area (Å²) in [6, 6.07) is 0. The van der Waals surface area contributed by atoms with E-state index in [1.54, 1.807) is 5.57 Å². The molecule has 4 aliphatic rings.